The van der Waals surface area contributed by atoms with E-state index in [1.54, 1.807) is 25.4 Å². The summed E-state index contributed by atoms with van der Waals surface area (Å²) in [5.41, 5.74) is 7.16. The van der Waals surface area contributed by atoms with Crippen LogP contribution in [0, 0.1) is 6.92 Å². The quantitative estimate of drug-likeness (QED) is 0.917. The number of benzene rings is 1. The van der Waals surface area contributed by atoms with Gasteiger partial charge in [-0.25, -0.2) is 8.42 Å². The third kappa shape index (κ3) is 2.92. The van der Waals surface area contributed by atoms with Gasteiger partial charge in [0.2, 0.25) is 15.9 Å². The average Bonchev–Trinajstić information content (AvgIpc) is 3.06. The molecule has 2 heterocycles. The van der Waals surface area contributed by atoms with Gasteiger partial charge >= 0.3 is 0 Å². The Morgan fingerprint density at radius 2 is 1.96 bits per heavy atom. The van der Waals surface area contributed by atoms with E-state index in [1.807, 2.05) is 12.1 Å². The van der Waals surface area contributed by atoms with Crippen molar-refractivity contribution in [3.63, 3.8) is 0 Å². The van der Waals surface area contributed by atoms with Gasteiger partial charge in [-0.2, -0.15) is 4.31 Å². The van der Waals surface area contributed by atoms with Gasteiger partial charge in [0.15, 0.2) is 0 Å². The number of nitrogens with two attached hydrogens (primary N) is 1. The number of amides is 1. The molecule has 7 heteroatoms. The monoisotopic (exact) mass is 345 g/mol. The lowest BCUT2D eigenvalue weighted by atomic mass is 10.1. The van der Waals surface area contributed by atoms with Gasteiger partial charge in [0.05, 0.1) is 10.9 Å². The molecular weight excluding hydrogens is 326 g/mol. The number of primary amides is 1. The molecule has 126 valence electrons. The highest BCUT2D eigenvalue weighted by molar-refractivity contribution is 7.89. The van der Waals surface area contributed by atoms with Gasteiger partial charge in [-0.3, -0.25) is 9.78 Å². The highest BCUT2D eigenvalue weighted by Gasteiger charge is 2.36. The molecule has 0 radical (unpaired) electrons. The third-order valence-corrected chi connectivity index (χ3v) is 6.28. The van der Waals surface area contributed by atoms with Crippen molar-refractivity contribution in [2.45, 2.75) is 30.7 Å². The van der Waals surface area contributed by atoms with Gasteiger partial charge in [0, 0.05) is 24.5 Å². The van der Waals surface area contributed by atoms with E-state index >= 15 is 0 Å². The second kappa shape index (κ2) is 6.33. The summed E-state index contributed by atoms with van der Waals surface area (Å²) in [7, 11) is -3.70. The summed E-state index contributed by atoms with van der Waals surface area (Å²) in [6.45, 7) is 2.18. The van der Waals surface area contributed by atoms with E-state index in [0.717, 1.165) is 18.4 Å². The van der Waals surface area contributed by atoms with Crippen LogP contribution in [0.1, 0.15) is 40.4 Å². The zero-order valence-corrected chi connectivity index (χ0v) is 14.2. The van der Waals surface area contributed by atoms with Gasteiger partial charge < -0.3 is 5.73 Å². The smallest absolute Gasteiger partial charge is 0.249 e. The second-order valence-electron chi connectivity index (χ2n) is 5.90. The van der Waals surface area contributed by atoms with Gasteiger partial charge in [-0.15, -0.1) is 0 Å². The molecule has 1 fully saturated rings. The zero-order chi connectivity index (χ0) is 17.3. The van der Waals surface area contributed by atoms with Crippen molar-refractivity contribution in [3.8, 4) is 0 Å². The summed E-state index contributed by atoms with van der Waals surface area (Å²) in [6.07, 6.45) is 4.88. The van der Waals surface area contributed by atoms with Gasteiger partial charge in [-0.1, -0.05) is 6.07 Å². The lowest BCUT2D eigenvalue weighted by Gasteiger charge is -2.24. The standard InChI is InChI=1S/C17H19N3O3S/c1-12-4-5-14(11-15(12)17(18)21)24(22,23)20-10-2-3-16(20)13-6-8-19-9-7-13/h4-9,11,16H,2-3,10H2,1H3,(H2,18,21)/t16-/m1/s1. The largest absolute Gasteiger partial charge is 0.366 e. The first-order chi connectivity index (χ1) is 11.4. The van der Waals surface area contributed by atoms with E-state index in [2.05, 4.69) is 4.98 Å². The number of hydrogen-bond donors (Lipinski definition) is 1. The van der Waals surface area contributed by atoms with Crippen molar-refractivity contribution in [1.82, 2.24) is 9.29 Å². The lowest BCUT2D eigenvalue weighted by Crippen LogP contribution is -2.31. The van der Waals surface area contributed by atoms with Crippen LogP contribution in [-0.2, 0) is 10.0 Å². The predicted octanol–water partition coefficient (Wildman–Crippen LogP) is 2.01. The van der Waals surface area contributed by atoms with Crippen molar-refractivity contribution >= 4 is 15.9 Å². The molecule has 1 amide bonds. The van der Waals surface area contributed by atoms with Gasteiger partial charge in [-0.05, 0) is 55.2 Å². The Hall–Kier alpha value is -2.25. The minimum absolute atomic E-state index is 0.0999. The van der Waals surface area contributed by atoms with Crippen LogP contribution in [0.4, 0.5) is 0 Å². The Balaban J connectivity index is 2.01. The van der Waals surface area contributed by atoms with Crippen LogP contribution < -0.4 is 5.73 Å². The van der Waals surface area contributed by atoms with E-state index in [4.69, 9.17) is 5.73 Å². The Morgan fingerprint density at radius 3 is 2.62 bits per heavy atom. The topological polar surface area (TPSA) is 93.4 Å². The second-order valence-corrected chi connectivity index (χ2v) is 7.79. The van der Waals surface area contributed by atoms with E-state index < -0.39 is 15.9 Å². The van der Waals surface area contributed by atoms with E-state index in [0.29, 0.717) is 12.1 Å². The van der Waals surface area contributed by atoms with Crippen molar-refractivity contribution in [2.24, 2.45) is 5.73 Å². The van der Waals surface area contributed by atoms with Gasteiger partial charge in [0.25, 0.3) is 0 Å². The Morgan fingerprint density at radius 1 is 1.25 bits per heavy atom. The molecule has 1 atom stereocenters. The van der Waals surface area contributed by atoms with Crippen molar-refractivity contribution in [3.05, 3.63) is 59.4 Å². The van der Waals surface area contributed by atoms with E-state index in [9.17, 15) is 13.2 Å². The number of sulfonamides is 1. The molecule has 1 aliphatic rings. The summed E-state index contributed by atoms with van der Waals surface area (Å²) >= 11 is 0. The summed E-state index contributed by atoms with van der Waals surface area (Å²) in [4.78, 5) is 15.6. The summed E-state index contributed by atoms with van der Waals surface area (Å²) in [6, 6.07) is 7.97. The third-order valence-electron chi connectivity index (χ3n) is 4.38. The molecule has 6 nitrogen and oxygen atoms in total. The van der Waals surface area contributed by atoms with Crippen molar-refractivity contribution in [1.29, 1.82) is 0 Å². The fourth-order valence-electron chi connectivity index (χ4n) is 3.11. The summed E-state index contributed by atoms with van der Waals surface area (Å²) in [5.74, 6) is -0.628. The molecule has 0 saturated carbocycles. The van der Waals surface area contributed by atoms with Crippen LogP contribution in [0.2, 0.25) is 0 Å². The highest BCUT2D eigenvalue weighted by atomic mass is 32.2. The summed E-state index contributed by atoms with van der Waals surface area (Å²) in [5, 5.41) is 0. The Bertz CT molecular complexity index is 866. The molecule has 0 unspecified atom stereocenters. The van der Waals surface area contributed by atoms with Crippen LogP contribution in [-0.4, -0.2) is 30.2 Å². The van der Waals surface area contributed by atoms with Crippen LogP contribution in [0.5, 0.6) is 0 Å². The molecule has 2 aromatic rings. The maximum absolute atomic E-state index is 13.1. The number of aryl methyl sites for hydroxylation is 1. The molecule has 1 aromatic carbocycles. The average molecular weight is 345 g/mol. The fraction of sp³-hybridized carbons (Fsp3) is 0.294. The Labute approximate surface area is 141 Å². The maximum Gasteiger partial charge on any atom is 0.249 e. The predicted molar refractivity (Wildman–Crippen MR) is 89.8 cm³/mol. The maximum atomic E-state index is 13.1. The molecule has 0 bridgehead atoms. The van der Waals surface area contributed by atoms with Crippen LogP contribution in [0.15, 0.2) is 47.6 Å². The normalized spacial score (nSPS) is 18.6. The first-order valence-corrected chi connectivity index (χ1v) is 9.17. The first kappa shape index (κ1) is 16.6. The minimum atomic E-state index is -3.70. The van der Waals surface area contributed by atoms with Crippen LogP contribution >= 0.6 is 0 Å². The SMILES string of the molecule is Cc1ccc(S(=O)(=O)N2CCC[C@@H]2c2ccncc2)cc1C(N)=O. The molecule has 1 aliphatic heterocycles. The first-order valence-electron chi connectivity index (χ1n) is 7.73. The van der Waals surface area contributed by atoms with E-state index in [1.165, 1.54) is 16.4 Å². The number of carbonyl (C=O) groups excluding carboxylic acids is 1. The molecule has 24 heavy (non-hydrogen) atoms. The molecular formula is C17H19N3O3S. The highest BCUT2D eigenvalue weighted by Crippen LogP contribution is 2.36. The molecule has 1 aromatic heterocycles. The molecule has 3 rings (SSSR count). The molecule has 2 N–H and O–H groups in total. The number of rotatable bonds is 4. The zero-order valence-electron chi connectivity index (χ0n) is 13.3. The fourth-order valence-corrected chi connectivity index (χ4v) is 4.82. The van der Waals surface area contributed by atoms with Gasteiger partial charge in [0.1, 0.15) is 0 Å². The molecule has 0 aliphatic carbocycles. The molecule has 1 saturated heterocycles. The van der Waals surface area contributed by atoms with Crippen LogP contribution in [0.25, 0.3) is 0 Å². The number of aromatic nitrogens is 1. The van der Waals surface area contributed by atoms with Crippen molar-refractivity contribution < 1.29 is 13.2 Å². The molecule has 0 spiro atoms. The number of hydrogen-bond acceptors (Lipinski definition) is 4. The lowest BCUT2D eigenvalue weighted by molar-refractivity contribution is 0.0999. The minimum Gasteiger partial charge on any atom is -0.366 e. The number of nitrogens with zero attached hydrogens (tertiary/aromatic N) is 2. The Kier molecular flexibility index (Phi) is 4.38. The van der Waals surface area contributed by atoms with Crippen LogP contribution in [0.3, 0.4) is 0 Å². The number of carbonyl (C=O) groups is 1. The summed E-state index contributed by atoms with van der Waals surface area (Å²) < 4.78 is 27.6. The van der Waals surface area contributed by atoms with Crippen molar-refractivity contribution in [2.75, 3.05) is 6.54 Å². The number of pyridine rings is 1. The van der Waals surface area contributed by atoms with E-state index in [-0.39, 0.29) is 16.5 Å².